The third-order valence-corrected chi connectivity index (χ3v) is 9.39. The van der Waals surface area contributed by atoms with Crippen LogP contribution in [0.1, 0.15) is 56.2 Å². The first-order valence-corrected chi connectivity index (χ1v) is 15.6. The molecule has 4 aromatic rings. The number of likely N-dealkylation sites (tertiary alicyclic amines) is 1. The Morgan fingerprint density at radius 2 is 1.98 bits per heavy atom. The van der Waals surface area contributed by atoms with Gasteiger partial charge in [0.1, 0.15) is 59.2 Å². The first-order valence-electron chi connectivity index (χ1n) is 15.2. The predicted molar refractivity (Wildman–Crippen MR) is 167 cm³/mol. The van der Waals surface area contributed by atoms with Gasteiger partial charge in [-0.05, 0) is 69.8 Å². The van der Waals surface area contributed by atoms with E-state index in [9.17, 15) is 13.9 Å². The summed E-state index contributed by atoms with van der Waals surface area (Å²) in [6, 6.07) is 2.83. The standard InChI is InChI=1S/C32H33ClF3N7O3/c1-14-12-45-31-25-28(26(36)27(39-31)22-8-20(44)9-23(33)24(22)16-4-5-16)40-32(46-13-19-6-18(35)11-42(19)3)41-30(25)43(14)15(2)21-7-17(34)10-38-29(21)37/h7-10,14-16,18-19,44H,4-6,11-13H2,1-3H3,(H2,37,38)/t14-,15+,18+,19-/m0/s1. The molecule has 7 rings (SSSR count). The van der Waals surface area contributed by atoms with Crippen LogP contribution in [-0.2, 0) is 0 Å². The molecular formula is C32H33ClF3N7O3. The predicted octanol–water partition coefficient (Wildman–Crippen LogP) is 5.95. The van der Waals surface area contributed by atoms with E-state index in [0.717, 1.165) is 19.0 Å². The Morgan fingerprint density at radius 3 is 2.70 bits per heavy atom. The van der Waals surface area contributed by atoms with Crippen molar-refractivity contribution in [1.82, 2.24) is 24.8 Å². The molecule has 1 saturated heterocycles. The van der Waals surface area contributed by atoms with E-state index in [4.69, 9.17) is 31.8 Å². The number of nitrogen functional groups attached to an aromatic ring is 1. The summed E-state index contributed by atoms with van der Waals surface area (Å²) >= 11 is 6.57. The molecule has 0 radical (unpaired) electrons. The van der Waals surface area contributed by atoms with Crippen LogP contribution in [0.2, 0.25) is 5.02 Å². The molecule has 0 spiro atoms. The molecule has 4 atom stereocenters. The number of anilines is 2. The summed E-state index contributed by atoms with van der Waals surface area (Å²) in [4.78, 5) is 21.6. The summed E-state index contributed by atoms with van der Waals surface area (Å²) in [6.07, 6.45) is 2.09. The lowest BCUT2D eigenvalue weighted by molar-refractivity contribution is 0.188. The third kappa shape index (κ3) is 5.38. The fourth-order valence-electron chi connectivity index (χ4n) is 6.61. The summed E-state index contributed by atoms with van der Waals surface area (Å²) in [5, 5.41) is 11.0. The summed E-state index contributed by atoms with van der Waals surface area (Å²) in [5.41, 5.74) is 7.42. The molecule has 1 aliphatic carbocycles. The van der Waals surface area contributed by atoms with Gasteiger partial charge in [0.05, 0.1) is 18.3 Å². The fraction of sp³-hybridized carbons (Fsp3) is 0.438. The molecule has 3 N–H and O–H groups in total. The van der Waals surface area contributed by atoms with Gasteiger partial charge in [-0.3, -0.25) is 4.90 Å². The zero-order chi connectivity index (χ0) is 32.4. The number of ether oxygens (including phenoxy) is 2. The van der Waals surface area contributed by atoms with Crippen LogP contribution in [0, 0.1) is 11.6 Å². The maximum absolute atomic E-state index is 16.9. The van der Waals surface area contributed by atoms with Gasteiger partial charge in [-0.2, -0.15) is 9.97 Å². The van der Waals surface area contributed by atoms with Gasteiger partial charge in [0.2, 0.25) is 5.88 Å². The Morgan fingerprint density at radius 1 is 1.20 bits per heavy atom. The lowest BCUT2D eigenvalue weighted by Crippen LogP contribution is -2.39. The molecule has 3 aliphatic rings. The second-order valence-corrected chi connectivity index (χ2v) is 12.8. The first kappa shape index (κ1) is 30.5. The van der Waals surface area contributed by atoms with E-state index < -0.39 is 29.9 Å². The molecule has 0 bridgehead atoms. The molecule has 14 heteroatoms. The van der Waals surface area contributed by atoms with Crippen molar-refractivity contribution in [1.29, 1.82) is 0 Å². The van der Waals surface area contributed by atoms with Crippen molar-refractivity contribution in [3.63, 3.8) is 0 Å². The quantitative estimate of drug-likeness (QED) is 0.247. The second kappa shape index (κ2) is 11.6. The van der Waals surface area contributed by atoms with E-state index >= 15 is 4.39 Å². The lowest BCUT2D eigenvalue weighted by Gasteiger charge is -2.35. The molecule has 2 aliphatic heterocycles. The Kier molecular flexibility index (Phi) is 7.71. The Labute approximate surface area is 268 Å². The maximum atomic E-state index is 16.9. The van der Waals surface area contributed by atoms with Crippen LogP contribution >= 0.6 is 11.6 Å². The minimum absolute atomic E-state index is 0.0741. The molecule has 3 aromatic heterocycles. The average molecular weight is 656 g/mol. The van der Waals surface area contributed by atoms with Crippen molar-refractivity contribution < 1.29 is 27.8 Å². The largest absolute Gasteiger partial charge is 0.508 e. The minimum atomic E-state index is -0.983. The molecule has 5 heterocycles. The number of aromatic nitrogens is 4. The third-order valence-electron chi connectivity index (χ3n) is 9.07. The molecule has 2 fully saturated rings. The van der Waals surface area contributed by atoms with Crippen LogP contribution in [0.15, 0.2) is 24.4 Å². The van der Waals surface area contributed by atoms with E-state index in [1.807, 2.05) is 30.7 Å². The molecule has 1 aromatic carbocycles. The summed E-state index contributed by atoms with van der Waals surface area (Å²) < 4.78 is 57.6. The van der Waals surface area contributed by atoms with Gasteiger partial charge >= 0.3 is 6.01 Å². The summed E-state index contributed by atoms with van der Waals surface area (Å²) in [6.45, 7) is 4.15. The number of alkyl halides is 1. The highest BCUT2D eigenvalue weighted by Gasteiger charge is 2.37. The number of pyridine rings is 2. The average Bonchev–Trinajstić information content (AvgIpc) is 3.80. The van der Waals surface area contributed by atoms with Gasteiger partial charge in [0, 0.05) is 28.7 Å². The van der Waals surface area contributed by atoms with Gasteiger partial charge in [-0.15, -0.1) is 0 Å². The molecule has 1 saturated carbocycles. The van der Waals surface area contributed by atoms with Gasteiger partial charge < -0.3 is 25.2 Å². The molecule has 10 nitrogen and oxygen atoms in total. The Bertz CT molecular complexity index is 1850. The van der Waals surface area contributed by atoms with Crippen molar-refractivity contribution in [2.45, 2.75) is 63.3 Å². The molecule has 0 unspecified atom stereocenters. The van der Waals surface area contributed by atoms with Gasteiger partial charge in [-0.25, -0.2) is 23.1 Å². The maximum Gasteiger partial charge on any atom is 0.319 e. The van der Waals surface area contributed by atoms with Gasteiger partial charge in [0.25, 0.3) is 0 Å². The smallest absolute Gasteiger partial charge is 0.319 e. The van der Waals surface area contributed by atoms with Crippen molar-refractivity contribution in [3.8, 4) is 28.9 Å². The number of hydrogen-bond donors (Lipinski definition) is 2. The zero-order valence-corrected chi connectivity index (χ0v) is 26.2. The Balaban J connectivity index is 1.43. The van der Waals surface area contributed by atoms with Crippen LogP contribution in [0.25, 0.3) is 22.2 Å². The van der Waals surface area contributed by atoms with Crippen LogP contribution in [0.4, 0.5) is 24.8 Å². The number of nitrogens with zero attached hydrogens (tertiary/aromatic N) is 6. The van der Waals surface area contributed by atoms with Crippen LogP contribution in [0.5, 0.6) is 17.6 Å². The highest BCUT2D eigenvalue weighted by atomic mass is 35.5. The highest BCUT2D eigenvalue weighted by molar-refractivity contribution is 6.32. The number of nitrogens with two attached hydrogens (primary N) is 1. The number of phenolic OH excluding ortho intramolecular Hbond substituents is 1. The van der Waals surface area contributed by atoms with Gasteiger partial charge in [-0.1, -0.05) is 11.6 Å². The van der Waals surface area contributed by atoms with Crippen LogP contribution < -0.4 is 20.1 Å². The fourth-order valence-corrected chi connectivity index (χ4v) is 6.97. The number of likely N-dealkylation sites (N-methyl/N-ethyl adjacent to an activating group) is 1. The summed E-state index contributed by atoms with van der Waals surface area (Å²) in [7, 11) is 1.81. The monoisotopic (exact) mass is 655 g/mol. The first-order chi connectivity index (χ1) is 22.0. The van der Waals surface area contributed by atoms with E-state index in [2.05, 4.69) is 15.0 Å². The van der Waals surface area contributed by atoms with E-state index in [0.29, 0.717) is 21.7 Å². The summed E-state index contributed by atoms with van der Waals surface area (Å²) in [5.74, 6) is -0.921. The lowest BCUT2D eigenvalue weighted by atomic mass is 9.98. The molecule has 0 amide bonds. The normalized spacial score (nSPS) is 22.2. The van der Waals surface area contributed by atoms with Gasteiger partial charge in [0.15, 0.2) is 5.82 Å². The van der Waals surface area contributed by atoms with Crippen molar-refractivity contribution >= 4 is 34.1 Å². The number of benzene rings is 1. The van der Waals surface area contributed by atoms with Crippen molar-refractivity contribution in [2.24, 2.45) is 0 Å². The van der Waals surface area contributed by atoms with Crippen LogP contribution in [-0.4, -0.2) is 75.0 Å². The minimum Gasteiger partial charge on any atom is -0.508 e. The number of aromatic hydroxyl groups is 1. The van der Waals surface area contributed by atoms with E-state index in [1.54, 1.807) is 0 Å². The molecule has 242 valence electrons. The topological polar surface area (TPSA) is 123 Å². The van der Waals surface area contributed by atoms with Crippen LogP contribution in [0.3, 0.4) is 0 Å². The number of hydrogen-bond acceptors (Lipinski definition) is 10. The number of phenols is 1. The van der Waals surface area contributed by atoms with Crippen molar-refractivity contribution in [3.05, 3.63) is 52.2 Å². The van der Waals surface area contributed by atoms with E-state index in [-0.39, 0.29) is 84.0 Å². The zero-order valence-electron chi connectivity index (χ0n) is 25.5. The van der Waals surface area contributed by atoms with Crippen molar-refractivity contribution in [2.75, 3.05) is 37.4 Å². The SMILES string of the molecule is C[C@H](c1cc(F)cnc1N)N1c2nc(OC[C@@H]3C[C@@H](F)CN3C)nc3c(F)c(-c4cc(O)cc(Cl)c4C4CC4)nc(c23)OC[C@@H]1C. The Hall–Kier alpha value is -4.10. The number of rotatable bonds is 7. The highest BCUT2D eigenvalue weighted by Crippen LogP contribution is 2.50. The second-order valence-electron chi connectivity index (χ2n) is 12.4. The van der Waals surface area contributed by atoms with E-state index in [1.165, 1.54) is 18.2 Å². The number of halogens is 4. The molecule has 46 heavy (non-hydrogen) atoms. The molecular weight excluding hydrogens is 623 g/mol.